The van der Waals surface area contributed by atoms with Gasteiger partial charge in [0.1, 0.15) is 12.7 Å². The Hall–Kier alpha value is -4.49. The van der Waals surface area contributed by atoms with Gasteiger partial charge in [0, 0.05) is 0 Å². The SMILES string of the molecule is C=C=C[C@]1(O)[C@@H](OC(=O)c2ccccc2)OC(COC(=O)c2ccccc2)[C@H]1OC(=O)c1ccccc1. The molecule has 0 aromatic heterocycles. The van der Waals surface area contributed by atoms with E-state index >= 15 is 0 Å². The average molecular weight is 501 g/mol. The Labute approximate surface area is 213 Å². The van der Waals surface area contributed by atoms with Crippen molar-refractivity contribution in [3.63, 3.8) is 0 Å². The van der Waals surface area contributed by atoms with Gasteiger partial charge >= 0.3 is 17.9 Å². The molecule has 8 heteroatoms. The summed E-state index contributed by atoms with van der Waals surface area (Å²) in [7, 11) is 0. The molecular weight excluding hydrogens is 476 g/mol. The van der Waals surface area contributed by atoms with Crippen molar-refractivity contribution >= 4 is 17.9 Å². The van der Waals surface area contributed by atoms with E-state index in [9.17, 15) is 19.5 Å². The summed E-state index contributed by atoms with van der Waals surface area (Å²) in [5.74, 6) is -2.19. The van der Waals surface area contributed by atoms with Gasteiger partial charge in [0.2, 0.25) is 6.29 Å². The number of hydrogen-bond acceptors (Lipinski definition) is 8. The summed E-state index contributed by atoms with van der Waals surface area (Å²) in [6.07, 6.45) is -3.16. The van der Waals surface area contributed by atoms with Gasteiger partial charge in [-0.2, -0.15) is 0 Å². The van der Waals surface area contributed by atoms with E-state index in [-0.39, 0.29) is 11.1 Å². The van der Waals surface area contributed by atoms with Gasteiger partial charge < -0.3 is 24.1 Å². The molecule has 1 aliphatic rings. The Morgan fingerprint density at radius 2 is 1.27 bits per heavy atom. The van der Waals surface area contributed by atoms with Gasteiger partial charge in [-0.05, 0) is 42.5 Å². The minimum atomic E-state index is -2.18. The number of aliphatic hydroxyl groups is 1. The molecular formula is C29H24O8. The van der Waals surface area contributed by atoms with E-state index in [0.717, 1.165) is 6.08 Å². The predicted octanol–water partition coefficient (Wildman–Crippen LogP) is 3.72. The number of carbonyl (C=O) groups excluding carboxylic acids is 3. The Kier molecular flexibility index (Phi) is 7.95. The van der Waals surface area contributed by atoms with Crippen molar-refractivity contribution in [1.82, 2.24) is 0 Å². The normalized spacial score (nSPS) is 22.4. The molecule has 1 fully saturated rings. The lowest BCUT2D eigenvalue weighted by atomic mass is 9.94. The molecule has 3 aromatic rings. The number of benzene rings is 3. The zero-order chi connectivity index (χ0) is 26.3. The van der Waals surface area contributed by atoms with Crippen LogP contribution in [0.4, 0.5) is 0 Å². The molecule has 4 atom stereocenters. The molecule has 188 valence electrons. The monoisotopic (exact) mass is 500 g/mol. The first kappa shape index (κ1) is 25.6. The summed E-state index contributed by atoms with van der Waals surface area (Å²) in [4.78, 5) is 38.2. The van der Waals surface area contributed by atoms with Crippen LogP contribution < -0.4 is 0 Å². The molecule has 0 spiro atoms. The average Bonchev–Trinajstić information content (AvgIpc) is 3.18. The van der Waals surface area contributed by atoms with E-state index in [1.165, 1.54) is 24.3 Å². The molecule has 1 saturated heterocycles. The van der Waals surface area contributed by atoms with Crippen molar-refractivity contribution in [2.75, 3.05) is 6.61 Å². The lowest BCUT2D eigenvalue weighted by Crippen LogP contribution is -2.50. The molecule has 37 heavy (non-hydrogen) atoms. The lowest BCUT2D eigenvalue weighted by Gasteiger charge is -2.29. The zero-order valence-corrected chi connectivity index (χ0v) is 19.7. The van der Waals surface area contributed by atoms with Crippen LogP contribution in [0.25, 0.3) is 0 Å². The zero-order valence-electron chi connectivity index (χ0n) is 19.7. The van der Waals surface area contributed by atoms with Gasteiger partial charge in [0.15, 0.2) is 11.7 Å². The van der Waals surface area contributed by atoms with Crippen molar-refractivity contribution in [1.29, 1.82) is 0 Å². The van der Waals surface area contributed by atoms with Gasteiger partial charge in [-0.1, -0.05) is 61.2 Å². The van der Waals surface area contributed by atoms with Gasteiger partial charge in [-0.15, -0.1) is 5.73 Å². The maximum absolute atomic E-state index is 12.9. The summed E-state index contributed by atoms with van der Waals surface area (Å²) in [6, 6.07) is 24.5. The second kappa shape index (κ2) is 11.5. The number of hydrogen-bond donors (Lipinski definition) is 1. The molecule has 0 radical (unpaired) electrons. The van der Waals surface area contributed by atoms with E-state index in [1.807, 2.05) is 0 Å². The fourth-order valence-electron chi connectivity index (χ4n) is 3.82. The van der Waals surface area contributed by atoms with Crippen LogP contribution in [-0.4, -0.2) is 53.7 Å². The van der Waals surface area contributed by atoms with Crippen molar-refractivity contribution in [3.05, 3.63) is 126 Å². The molecule has 1 unspecified atom stereocenters. The summed E-state index contributed by atoms with van der Waals surface area (Å²) >= 11 is 0. The van der Waals surface area contributed by atoms with Crippen LogP contribution in [0.5, 0.6) is 0 Å². The third-order valence-corrected chi connectivity index (χ3v) is 5.66. The number of rotatable bonds is 8. The van der Waals surface area contributed by atoms with Crippen molar-refractivity contribution in [3.8, 4) is 0 Å². The van der Waals surface area contributed by atoms with Crippen molar-refractivity contribution in [2.24, 2.45) is 0 Å². The Morgan fingerprint density at radius 3 is 1.76 bits per heavy atom. The van der Waals surface area contributed by atoms with Crippen LogP contribution in [0.1, 0.15) is 31.1 Å². The van der Waals surface area contributed by atoms with Gasteiger partial charge in [-0.3, -0.25) is 0 Å². The fraction of sp³-hybridized carbons (Fsp3) is 0.172. The summed E-state index contributed by atoms with van der Waals surface area (Å²) in [5.41, 5.74) is 1.00. The first-order valence-corrected chi connectivity index (χ1v) is 11.4. The molecule has 0 bridgehead atoms. The van der Waals surface area contributed by atoms with Crippen LogP contribution in [0.15, 0.2) is 109 Å². The van der Waals surface area contributed by atoms with Crippen LogP contribution in [0, 0.1) is 0 Å². The largest absolute Gasteiger partial charge is 0.459 e. The Bertz CT molecular complexity index is 1290. The number of esters is 3. The van der Waals surface area contributed by atoms with E-state index in [1.54, 1.807) is 66.7 Å². The first-order valence-electron chi connectivity index (χ1n) is 11.4. The second-order valence-corrected chi connectivity index (χ2v) is 8.17. The van der Waals surface area contributed by atoms with E-state index < -0.39 is 48.6 Å². The van der Waals surface area contributed by atoms with Crippen LogP contribution in [0.2, 0.25) is 0 Å². The lowest BCUT2D eigenvalue weighted by molar-refractivity contribution is -0.162. The van der Waals surface area contributed by atoms with E-state index in [0.29, 0.717) is 5.56 Å². The summed E-state index contributed by atoms with van der Waals surface area (Å²) in [6.45, 7) is 3.08. The van der Waals surface area contributed by atoms with Gasteiger partial charge in [-0.25, -0.2) is 14.4 Å². The molecule has 0 aliphatic carbocycles. The first-order chi connectivity index (χ1) is 17.9. The van der Waals surface area contributed by atoms with Gasteiger partial charge in [0.05, 0.1) is 16.7 Å². The molecule has 0 saturated carbocycles. The maximum Gasteiger partial charge on any atom is 0.340 e. The highest BCUT2D eigenvalue weighted by Crippen LogP contribution is 2.37. The van der Waals surface area contributed by atoms with Crippen molar-refractivity contribution < 1.29 is 38.4 Å². The molecule has 0 amide bonds. The molecule has 3 aromatic carbocycles. The maximum atomic E-state index is 12.9. The Balaban J connectivity index is 1.61. The minimum Gasteiger partial charge on any atom is -0.459 e. The van der Waals surface area contributed by atoms with Gasteiger partial charge in [0.25, 0.3) is 0 Å². The third kappa shape index (κ3) is 5.85. The van der Waals surface area contributed by atoms with Crippen LogP contribution in [0.3, 0.4) is 0 Å². The minimum absolute atomic E-state index is 0.216. The summed E-state index contributed by atoms with van der Waals surface area (Å²) in [5, 5.41) is 11.6. The highest BCUT2D eigenvalue weighted by Gasteiger charge is 2.59. The highest BCUT2D eigenvalue weighted by atomic mass is 16.7. The predicted molar refractivity (Wildman–Crippen MR) is 132 cm³/mol. The Morgan fingerprint density at radius 1 is 0.811 bits per heavy atom. The fourth-order valence-corrected chi connectivity index (χ4v) is 3.82. The number of ether oxygens (including phenoxy) is 4. The topological polar surface area (TPSA) is 108 Å². The molecule has 1 N–H and O–H groups in total. The summed E-state index contributed by atoms with van der Waals surface area (Å²) < 4.78 is 22.3. The molecule has 4 rings (SSSR count). The smallest absolute Gasteiger partial charge is 0.340 e. The van der Waals surface area contributed by atoms with E-state index in [4.69, 9.17) is 18.9 Å². The van der Waals surface area contributed by atoms with E-state index in [2.05, 4.69) is 12.3 Å². The quantitative estimate of drug-likeness (QED) is 0.283. The van der Waals surface area contributed by atoms with Crippen molar-refractivity contribution in [2.45, 2.75) is 24.1 Å². The second-order valence-electron chi connectivity index (χ2n) is 8.17. The van der Waals surface area contributed by atoms with Crippen LogP contribution in [-0.2, 0) is 18.9 Å². The highest BCUT2D eigenvalue weighted by molar-refractivity contribution is 5.90. The molecule has 1 aliphatic heterocycles. The van der Waals surface area contributed by atoms with Crippen LogP contribution >= 0.6 is 0 Å². The molecule has 1 heterocycles. The molecule has 8 nitrogen and oxygen atoms in total. The third-order valence-electron chi connectivity index (χ3n) is 5.66. The number of carbonyl (C=O) groups is 3. The standard InChI is InChI=1S/C29H24O8/c1-2-18-29(33)24(36-26(31)21-14-8-4-9-15-21)23(19-34-25(30)20-12-6-3-7-13-20)35-28(29)37-27(32)22-16-10-5-11-17-22/h3-18,23-24,28,33H,1,19H2/t23?,24-,28-,29-/m1/s1.